The van der Waals surface area contributed by atoms with E-state index in [0.717, 1.165) is 16.8 Å². The molecule has 0 spiro atoms. The SMILES string of the molecule is CC(=O)N(CCC(=O)Nc1c(C)cccc1C(C)C)c1ccc2c(c1)OCO2. The van der Waals surface area contributed by atoms with Crippen molar-refractivity contribution in [2.75, 3.05) is 23.6 Å². The molecular weight excluding hydrogens is 356 g/mol. The Morgan fingerprint density at radius 1 is 1.14 bits per heavy atom. The Morgan fingerprint density at radius 2 is 1.89 bits per heavy atom. The summed E-state index contributed by atoms with van der Waals surface area (Å²) in [5.41, 5.74) is 3.68. The molecule has 0 aliphatic carbocycles. The number of aryl methyl sites for hydroxylation is 1. The molecule has 2 aromatic rings. The third-order valence-corrected chi connectivity index (χ3v) is 4.80. The molecule has 0 saturated heterocycles. The molecule has 0 aromatic heterocycles. The minimum absolute atomic E-state index is 0.122. The number of fused-ring (bicyclic) bond motifs is 1. The lowest BCUT2D eigenvalue weighted by molar-refractivity contribution is -0.117. The van der Waals surface area contributed by atoms with Gasteiger partial charge in [0, 0.05) is 37.3 Å². The molecule has 3 rings (SSSR count). The number of carbonyl (C=O) groups excluding carboxylic acids is 2. The molecule has 0 fully saturated rings. The Morgan fingerprint density at radius 3 is 2.61 bits per heavy atom. The fourth-order valence-corrected chi connectivity index (χ4v) is 3.28. The number of nitrogens with one attached hydrogen (secondary N) is 1. The summed E-state index contributed by atoms with van der Waals surface area (Å²) >= 11 is 0. The predicted molar refractivity (Wildman–Crippen MR) is 109 cm³/mol. The Kier molecular flexibility index (Phi) is 5.87. The highest BCUT2D eigenvalue weighted by atomic mass is 16.7. The number of carbonyl (C=O) groups is 2. The maximum atomic E-state index is 12.6. The van der Waals surface area contributed by atoms with Crippen LogP contribution in [0.1, 0.15) is 44.2 Å². The number of hydrogen-bond donors (Lipinski definition) is 1. The van der Waals surface area contributed by atoms with E-state index in [4.69, 9.17) is 9.47 Å². The third-order valence-electron chi connectivity index (χ3n) is 4.80. The predicted octanol–water partition coefficient (Wildman–Crippen LogP) is 4.23. The zero-order valence-electron chi connectivity index (χ0n) is 16.7. The van der Waals surface area contributed by atoms with Gasteiger partial charge in [0.2, 0.25) is 18.6 Å². The van der Waals surface area contributed by atoms with Gasteiger partial charge in [-0.25, -0.2) is 0 Å². The number of benzene rings is 2. The molecule has 148 valence electrons. The van der Waals surface area contributed by atoms with E-state index in [0.29, 0.717) is 23.1 Å². The molecule has 28 heavy (non-hydrogen) atoms. The van der Waals surface area contributed by atoms with Gasteiger partial charge in [-0.05, 0) is 36.1 Å². The van der Waals surface area contributed by atoms with E-state index in [1.807, 2.05) is 25.1 Å². The summed E-state index contributed by atoms with van der Waals surface area (Å²) in [6.07, 6.45) is 0.194. The molecule has 0 saturated carbocycles. The molecule has 1 aliphatic rings. The summed E-state index contributed by atoms with van der Waals surface area (Å²) in [6.45, 7) is 8.12. The van der Waals surface area contributed by atoms with E-state index in [-0.39, 0.29) is 31.6 Å². The first-order valence-electron chi connectivity index (χ1n) is 9.44. The van der Waals surface area contributed by atoms with Crippen LogP contribution < -0.4 is 19.7 Å². The van der Waals surface area contributed by atoms with Crippen molar-refractivity contribution in [3.05, 3.63) is 47.5 Å². The van der Waals surface area contributed by atoms with Gasteiger partial charge in [-0.1, -0.05) is 32.0 Å². The van der Waals surface area contributed by atoms with Crippen LogP contribution in [0.4, 0.5) is 11.4 Å². The van der Waals surface area contributed by atoms with Crippen molar-refractivity contribution in [3.63, 3.8) is 0 Å². The first kappa shape index (κ1) is 19.7. The zero-order valence-corrected chi connectivity index (χ0v) is 16.7. The maximum absolute atomic E-state index is 12.6. The molecule has 6 nitrogen and oxygen atoms in total. The second-order valence-electron chi connectivity index (χ2n) is 7.20. The summed E-state index contributed by atoms with van der Waals surface area (Å²) in [7, 11) is 0. The molecule has 1 aliphatic heterocycles. The quantitative estimate of drug-likeness (QED) is 0.812. The van der Waals surface area contributed by atoms with Gasteiger partial charge < -0.3 is 19.7 Å². The molecule has 2 amide bonds. The Balaban J connectivity index is 1.70. The van der Waals surface area contributed by atoms with Gasteiger partial charge in [-0.2, -0.15) is 0 Å². The molecule has 0 atom stereocenters. The van der Waals surface area contributed by atoms with Crippen molar-refractivity contribution in [2.45, 2.75) is 40.0 Å². The molecule has 0 radical (unpaired) electrons. The standard InChI is InChI=1S/C22H26N2O4/c1-14(2)18-7-5-6-15(3)22(18)23-21(26)10-11-24(16(4)25)17-8-9-19-20(12-17)28-13-27-19/h5-9,12,14H,10-11,13H2,1-4H3,(H,23,26). The number of amides is 2. The van der Waals surface area contributed by atoms with Crippen LogP contribution >= 0.6 is 0 Å². The third kappa shape index (κ3) is 4.27. The largest absolute Gasteiger partial charge is 0.454 e. The Hall–Kier alpha value is -3.02. The molecule has 0 bridgehead atoms. The minimum atomic E-state index is -0.134. The molecule has 2 aromatic carbocycles. The van der Waals surface area contributed by atoms with E-state index < -0.39 is 0 Å². The number of rotatable bonds is 6. The van der Waals surface area contributed by atoms with Gasteiger partial charge in [0.15, 0.2) is 11.5 Å². The summed E-state index contributed by atoms with van der Waals surface area (Å²) in [6, 6.07) is 11.3. The number of hydrogen-bond acceptors (Lipinski definition) is 4. The fraction of sp³-hybridized carbons (Fsp3) is 0.364. The van der Waals surface area contributed by atoms with E-state index in [1.54, 1.807) is 23.1 Å². The van der Waals surface area contributed by atoms with Crippen molar-refractivity contribution < 1.29 is 19.1 Å². The maximum Gasteiger partial charge on any atom is 0.231 e. The monoisotopic (exact) mass is 382 g/mol. The molecule has 6 heteroatoms. The average Bonchev–Trinajstić information content (AvgIpc) is 3.11. The highest BCUT2D eigenvalue weighted by molar-refractivity contribution is 5.95. The van der Waals surface area contributed by atoms with Crippen LogP contribution in [0.25, 0.3) is 0 Å². The topological polar surface area (TPSA) is 67.9 Å². The van der Waals surface area contributed by atoms with E-state index in [1.165, 1.54) is 6.92 Å². The molecular formula is C22H26N2O4. The lowest BCUT2D eigenvalue weighted by atomic mass is 9.98. The second kappa shape index (κ2) is 8.33. The van der Waals surface area contributed by atoms with Gasteiger partial charge >= 0.3 is 0 Å². The first-order chi connectivity index (χ1) is 13.4. The average molecular weight is 382 g/mol. The number of para-hydroxylation sites is 1. The van der Waals surface area contributed by atoms with Crippen LogP contribution in [-0.2, 0) is 9.59 Å². The first-order valence-corrected chi connectivity index (χ1v) is 9.44. The van der Waals surface area contributed by atoms with Gasteiger partial charge in [0.05, 0.1) is 0 Å². The van der Waals surface area contributed by atoms with Crippen LogP contribution in [0.2, 0.25) is 0 Å². The molecule has 1 N–H and O–H groups in total. The van der Waals surface area contributed by atoms with Gasteiger partial charge in [-0.15, -0.1) is 0 Å². The molecule has 0 unspecified atom stereocenters. The Labute approximate surface area is 165 Å². The Bertz CT molecular complexity index is 892. The lowest BCUT2D eigenvalue weighted by Crippen LogP contribution is -2.32. The zero-order chi connectivity index (χ0) is 20.3. The van der Waals surface area contributed by atoms with Gasteiger partial charge in [0.1, 0.15) is 0 Å². The number of ether oxygens (including phenoxy) is 2. The van der Waals surface area contributed by atoms with Crippen LogP contribution in [0.3, 0.4) is 0 Å². The summed E-state index contributed by atoms with van der Waals surface area (Å²) < 4.78 is 10.7. The normalized spacial score (nSPS) is 12.2. The number of anilines is 2. The van der Waals surface area contributed by atoms with Crippen LogP contribution in [0.15, 0.2) is 36.4 Å². The summed E-state index contributed by atoms with van der Waals surface area (Å²) in [5, 5.41) is 3.03. The van der Waals surface area contributed by atoms with E-state index in [2.05, 4.69) is 19.2 Å². The summed E-state index contributed by atoms with van der Waals surface area (Å²) in [5.74, 6) is 1.31. The lowest BCUT2D eigenvalue weighted by Gasteiger charge is -2.22. The van der Waals surface area contributed by atoms with E-state index >= 15 is 0 Å². The smallest absolute Gasteiger partial charge is 0.231 e. The van der Waals surface area contributed by atoms with Crippen LogP contribution in [0.5, 0.6) is 11.5 Å². The fourth-order valence-electron chi connectivity index (χ4n) is 3.28. The van der Waals surface area contributed by atoms with Crippen molar-refractivity contribution in [3.8, 4) is 11.5 Å². The van der Waals surface area contributed by atoms with Crippen molar-refractivity contribution in [1.29, 1.82) is 0 Å². The van der Waals surface area contributed by atoms with Crippen molar-refractivity contribution in [2.24, 2.45) is 0 Å². The second-order valence-corrected chi connectivity index (χ2v) is 7.20. The van der Waals surface area contributed by atoms with Crippen molar-refractivity contribution in [1.82, 2.24) is 0 Å². The minimum Gasteiger partial charge on any atom is -0.454 e. The highest BCUT2D eigenvalue weighted by Crippen LogP contribution is 2.35. The van der Waals surface area contributed by atoms with E-state index in [9.17, 15) is 9.59 Å². The number of nitrogens with zero attached hydrogens (tertiary/aromatic N) is 1. The van der Waals surface area contributed by atoms with Crippen LogP contribution in [-0.4, -0.2) is 25.2 Å². The van der Waals surface area contributed by atoms with Crippen molar-refractivity contribution >= 4 is 23.2 Å². The van der Waals surface area contributed by atoms with Gasteiger partial charge in [0.25, 0.3) is 0 Å². The molecule has 1 heterocycles. The summed E-state index contributed by atoms with van der Waals surface area (Å²) in [4.78, 5) is 26.3. The van der Waals surface area contributed by atoms with Gasteiger partial charge in [-0.3, -0.25) is 9.59 Å². The highest BCUT2D eigenvalue weighted by Gasteiger charge is 2.19. The van der Waals surface area contributed by atoms with Crippen LogP contribution in [0, 0.1) is 6.92 Å².